The molecule has 1 amide bonds. The zero-order chi connectivity index (χ0) is 22.6. The van der Waals surface area contributed by atoms with Crippen molar-refractivity contribution >= 4 is 49.1 Å². The van der Waals surface area contributed by atoms with Crippen molar-refractivity contribution in [2.45, 2.75) is 34.7 Å². The van der Waals surface area contributed by atoms with Gasteiger partial charge in [0.25, 0.3) is 5.56 Å². The van der Waals surface area contributed by atoms with Crippen LogP contribution in [0.2, 0.25) is 0 Å². The van der Waals surface area contributed by atoms with E-state index in [1.807, 2.05) is 24.3 Å². The molecule has 0 atom stereocenters. The second-order valence-corrected chi connectivity index (χ2v) is 10.8. The minimum atomic E-state index is -4.00. The standard InChI is InChI=1S/C21H20BrN3O4S2/c1-13(2)14-3-7-16(8-4-14)24-19(26)12-30-21-23-11-18(20(27)25-21)31(28,29)17-9-5-15(22)6-10-17/h3-11,13H,12H2,1-2H3,(H,24,26)(H,23,25,27). The molecule has 3 rings (SSSR count). The fourth-order valence-electron chi connectivity index (χ4n) is 2.65. The Balaban J connectivity index is 1.65. The molecule has 3 aromatic rings. The first kappa shape index (κ1) is 23.2. The number of amides is 1. The van der Waals surface area contributed by atoms with Crippen molar-refractivity contribution in [1.82, 2.24) is 9.97 Å². The molecule has 0 bridgehead atoms. The average Bonchev–Trinajstić information content (AvgIpc) is 2.73. The molecular weight excluding hydrogens is 502 g/mol. The van der Waals surface area contributed by atoms with Gasteiger partial charge in [0, 0.05) is 10.2 Å². The number of H-pyrrole nitrogens is 1. The average molecular weight is 522 g/mol. The number of hydrogen-bond donors (Lipinski definition) is 2. The highest BCUT2D eigenvalue weighted by Crippen LogP contribution is 2.21. The number of nitrogens with zero attached hydrogens (tertiary/aromatic N) is 1. The summed E-state index contributed by atoms with van der Waals surface area (Å²) in [7, 11) is -4.00. The van der Waals surface area contributed by atoms with Crippen LogP contribution in [0.3, 0.4) is 0 Å². The van der Waals surface area contributed by atoms with Crippen molar-refractivity contribution in [2.75, 3.05) is 11.1 Å². The molecular formula is C21H20BrN3O4S2. The number of benzene rings is 2. The summed E-state index contributed by atoms with van der Waals surface area (Å²) in [5, 5.41) is 2.93. The number of thioether (sulfide) groups is 1. The third kappa shape index (κ3) is 5.84. The first-order chi connectivity index (χ1) is 14.7. The molecule has 1 aromatic heterocycles. The lowest BCUT2D eigenvalue weighted by atomic mass is 10.0. The maximum atomic E-state index is 12.7. The quantitative estimate of drug-likeness (QED) is 0.355. The molecule has 31 heavy (non-hydrogen) atoms. The lowest BCUT2D eigenvalue weighted by Crippen LogP contribution is -2.20. The maximum absolute atomic E-state index is 12.7. The third-order valence-corrected chi connectivity index (χ3v) is 7.54. The van der Waals surface area contributed by atoms with Crippen molar-refractivity contribution in [3.8, 4) is 0 Å². The Morgan fingerprint density at radius 2 is 1.77 bits per heavy atom. The van der Waals surface area contributed by atoms with E-state index in [1.165, 1.54) is 17.7 Å². The molecule has 10 heteroatoms. The predicted molar refractivity (Wildman–Crippen MR) is 124 cm³/mol. The highest BCUT2D eigenvalue weighted by Gasteiger charge is 2.22. The van der Waals surface area contributed by atoms with Gasteiger partial charge in [0.2, 0.25) is 15.7 Å². The summed E-state index contributed by atoms with van der Waals surface area (Å²) in [6.07, 6.45) is 1.01. The smallest absolute Gasteiger partial charge is 0.270 e. The van der Waals surface area contributed by atoms with Crippen LogP contribution in [0.4, 0.5) is 5.69 Å². The normalized spacial score (nSPS) is 11.5. The second-order valence-electron chi connectivity index (χ2n) is 6.95. The number of carbonyl (C=O) groups is 1. The summed E-state index contributed by atoms with van der Waals surface area (Å²) >= 11 is 4.25. The van der Waals surface area contributed by atoms with Gasteiger partial charge in [-0.3, -0.25) is 9.59 Å². The molecule has 0 aliphatic heterocycles. The van der Waals surface area contributed by atoms with Crippen molar-refractivity contribution < 1.29 is 13.2 Å². The van der Waals surface area contributed by atoms with E-state index in [0.717, 1.165) is 22.4 Å². The predicted octanol–water partition coefficient (Wildman–Crippen LogP) is 4.22. The van der Waals surface area contributed by atoms with Gasteiger partial charge in [0.05, 0.1) is 16.8 Å². The van der Waals surface area contributed by atoms with E-state index in [-0.39, 0.29) is 21.7 Å². The summed E-state index contributed by atoms with van der Waals surface area (Å²) in [5.74, 6) is 0.142. The number of halogens is 1. The number of sulfone groups is 1. The molecule has 7 nitrogen and oxygen atoms in total. The van der Waals surface area contributed by atoms with Crippen LogP contribution < -0.4 is 10.9 Å². The molecule has 2 N–H and O–H groups in total. The lowest BCUT2D eigenvalue weighted by molar-refractivity contribution is -0.113. The fourth-order valence-corrected chi connectivity index (χ4v) is 4.79. The molecule has 0 radical (unpaired) electrons. The van der Waals surface area contributed by atoms with Crippen molar-refractivity contribution in [2.24, 2.45) is 0 Å². The third-order valence-electron chi connectivity index (χ3n) is 4.36. The Hall–Kier alpha value is -2.43. The van der Waals surface area contributed by atoms with Gasteiger partial charge in [0.1, 0.15) is 0 Å². The summed E-state index contributed by atoms with van der Waals surface area (Å²) in [4.78, 5) is 30.5. The summed E-state index contributed by atoms with van der Waals surface area (Å²) in [5.41, 5.74) is 1.06. The molecule has 0 unspecified atom stereocenters. The Labute approximate surface area is 192 Å². The van der Waals surface area contributed by atoms with Crippen molar-refractivity contribution in [1.29, 1.82) is 0 Å². The summed E-state index contributed by atoms with van der Waals surface area (Å²) < 4.78 is 26.1. The van der Waals surface area contributed by atoms with E-state index in [0.29, 0.717) is 11.6 Å². The second kappa shape index (κ2) is 9.80. The molecule has 1 heterocycles. The fraction of sp³-hybridized carbons (Fsp3) is 0.190. The van der Waals surface area contributed by atoms with Gasteiger partial charge in [-0.25, -0.2) is 13.4 Å². The van der Waals surface area contributed by atoms with Crippen LogP contribution >= 0.6 is 27.7 Å². The van der Waals surface area contributed by atoms with Gasteiger partial charge in [-0.1, -0.05) is 53.7 Å². The van der Waals surface area contributed by atoms with Crippen LogP contribution in [0, 0.1) is 0 Å². The van der Waals surface area contributed by atoms with E-state index in [2.05, 4.69) is 45.1 Å². The van der Waals surface area contributed by atoms with E-state index in [9.17, 15) is 18.0 Å². The molecule has 162 valence electrons. The van der Waals surface area contributed by atoms with Gasteiger partial charge in [0.15, 0.2) is 10.1 Å². The van der Waals surface area contributed by atoms with E-state index in [1.54, 1.807) is 12.1 Å². The molecule has 0 spiro atoms. The van der Waals surface area contributed by atoms with Gasteiger partial charge >= 0.3 is 0 Å². The number of hydrogen-bond acceptors (Lipinski definition) is 6. The molecule has 0 saturated heterocycles. The highest BCUT2D eigenvalue weighted by atomic mass is 79.9. The van der Waals surface area contributed by atoms with E-state index < -0.39 is 20.3 Å². The minimum Gasteiger partial charge on any atom is -0.325 e. The largest absolute Gasteiger partial charge is 0.325 e. The Bertz CT molecular complexity index is 1240. The van der Waals surface area contributed by atoms with E-state index in [4.69, 9.17) is 0 Å². The maximum Gasteiger partial charge on any atom is 0.270 e. The van der Waals surface area contributed by atoms with Crippen LogP contribution in [-0.4, -0.2) is 30.0 Å². The zero-order valence-corrected chi connectivity index (χ0v) is 20.0. The number of carbonyl (C=O) groups excluding carboxylic acids is 1. The van der Waals surface area contributed by atoms with Crippen LogP contribution in [0.1, 0.15) is 25.3 Å². The zero-order valence-electron chi connectivity index (χ0n) is 16.8. The van der Waals surface area contributed by atoms with Crippen LogP contribution in [0.25, 0.3) is 0 Å². The molecule has 0 aliphatic carbocycles. The summed E-state index contributed by atoms with van der Waals surface area (Å²) in [6, 6.07) is 13.5. The number of aromatic amines is 1. The highest BCUT2D eigenvalue weighted by molar-refractivity contribution is 9.10. The summed E-state index contributed by atoms with van der Waals surface area (Å²) in [6.45, 7) is 4.18. The van der Waals surface area contributed by atoms with Crippen molar-refractivity contribution in [3.05, 3.63) is 75.1 Å². The van der Waals surface area contributed by atoms with Crippen LogP contribution in [0.5, 0.6) is 0 Å². The number of rotatable bonds is 7. The number of aromatic nitrogens is 2. The minimum absolute atomic E-state index is 0.00762. The molecule has 0 aliphatic rings. The van der Waals surface area contributed by atoms with Gasteiger partial charge in [-0.2, -0.15) is 0 Å². The van der Waals surface area contributed by atoms with Gasteiger partial charge in [-0.15, -0.1) is 0 Å². The SMILES string of the molecule is CC(C)c1ccc(NC(=O)CSc2ncc(S(=O)(=O)c3ccc(Br)cc3)c(=O)[nH]2)cc1. The monoisotopic (exact) mass is 521 g/mol. The number of nitrogens with one attached hydrogen (secondary N) is 2. The van der Waals surface area contributed by atoms with Gasteiger partial charge in [-0.05, 0) is 47.9 Å². The first-order valence-electron chi connectivity index (χ1n) is 9.29. The van der Waals surface area contributed by atoms with Crippen LogP contribution in [-0.2, 0) is 14.6 Å². The first-order valence-corrected chi connectivity index (χ1v) is 12.6. The molecule has 2 aromatic carbocycles. The van der Waals surface area contributed by atoms with Gasteiger partial charge < -0.3 is 10.3 Å². The van der Waals surface area contributed by atoms with Crippen LogP contribution in [0.15, 0.2) is 78.9 Å². The molecule has 0 saturated carbocycles. The number of anilines is 1. The lowest BCUT2D eigenvalue weighted by Gasteiger charge is -2.08. The Kier molecular flexibility index (Phi) is 7.34. The van der Waals surface area contributed by atoms with Crippen molar-refractivity contribution in [3.63, 3.8) is 0 Å². The topological polar surface area (TPSA) is 109 Å². The Morgan fingerprint density at radius 3 is 2.35 bits per heavy atom. The Morgan fingerprint density at radius 1 is 1.13 bits per heavy atom. The molecule has 0 fully saturated rings. The van der Waals surface area contributed by atoms with E-state index >= 15 is 0 Å².